The Morgan fingerprint density at radius 1 is 1.35 bits per heavy atom. The molecule has 4 nitrogen and oxygen atoms in total. The Balaban J connectivity index is 2.34. The molecule has 2 aromatic rings. The van der Waals surface area contributed by atoms with Crippen molar-refractivity contribution in [3.8, 4) is 0 Å². The van der Waals surface area contributed by atoms with E-state index in [9.17, 15) is 13.6 Å². The van der Waals surface area contributed by atoms with Gasteiger partial charge in [-0.1, -0.05) is 5.16 Å². The monoisotopic (exact) mass is 239 g/mol. The summed E-state index contributed by atoms with van der Waals surface area (Å²) < 4.78 is 30.7. The van der Waals surface area contributed by atoms with Gasteiger partial charge in [-0.05, 0) is 23.8 Å². The zero-order chi connectivity index (χ0) is 12.4. The van der Waals surface area contributed by atoms with Crippen LogP contribution in [0, 0.1) is 11.6 Å². The Morgan fingerprint density at radius 2 is 2.12 bits per heavy atom. The van der Waals surface area contributed by atoms with Crippen LogP contribution in [0.5, 0.6) is 0 Å². The van der Waals surface area contributed by atoms with Gasteiger partial charge in [-0.2, -0.15) is 0 Å². The number of rotatable bonds is 3. The Hall–Kier alpha value is -2.24. The van der Waals surface area contributed by atoms with Crippen molar-refractivity contribution < 1.29 is 23.2 Å². The highest BCUT2D eigenvalue weighted by atomic mass is 19.1. The Kier molecular flexibility index (Phi) is 2.86. The number of aromatic nitrogens is 1. The van der Waals surface area contributed by atoms with E-state index in [2.05, 4.69) is 9.68 Å². The van der Waals surface area contributed by atoms with Gasteiger partial charge in [-0.25, -0.2) is 13.6 Å². The minimum Gasteiger partial charge on any atom is -0.476 e. The van der Waals surface area contributed by atoms with Gasteiger partial charge in [0.1, 0.15) is 17.9 Å². The third kappa shape index (κ3) is 2.30. The van der Waals surface area contributed by atoms with Crippen LogP contribution in [-0.2, 0) is 6.42 Å². The summed E-state index contributed by atoms with van der Waals surface area (Å²) >= 11 is 0. The smallest absolute Gasteiger partial charge is 0.358 e. The first-order valence-corrected chi connectivity index (χ1v) is 4.68. The average molecular weight is 239 g/mol. The third-order valence-electron chi connectivity index (χ3n) is 2.23. The van der Waals surface area contributed by atoms with E-state index in [1.54, 1.807) is 0 Å². The Morgan fingerprint density at radius 3 is 2.82 bits per heavy atom. The molecule has 0 bridgehead atoms. The van der Waals surface area contributed by atoms with Gasteiger partial charge >= 0.3 is 5.97 Å². The lowest BCUT2D eigenvalue weighted by molar-refractivity contribution is 0.0685. The summed E-state index contributed by atoms with van der Waals surface area (Å²) in [4.78, 5) is 10.7. The van der Waals surface area contributed by atoms with E-state index in [1.165, 1.54) is 0 Å². The van der Waals surface area contributed by atoms with E-state index in [4.69, 9.17) is 5.11 Å². The summed E-state index contributed by atoms with van der Waals surface area (Å²) in [5, 5.41) is 12.0. The van der Waals surface area contributed by atoms with Crippen molar-refractivity contribution in [2.75, 3.05) is 0 Å². The van der Waals surface area contributed by atoms with Crippen LogP contribution in [0.2, 0.25) is 0 Å². The van der Waals surface area contributed by atoms with Gasteiger partial charge in [0.05, 0.1) is 0 Å². The summed E-state index contributed by atoms with van der Waals surface area (Å²) in [6.07, 6.45) is 1.02. The summed E-state index contributed by atoms with van der Waals surface area (Å²) in [6.45, 7) is 0. The first kappa shape index (κ1) is 11.3. The second-order valence-corrected chi connectivity index (χ2v) is 3.41. The maximum absolute atomic E-state index is 13.3. The van der Waals surface area contributed by atoms with Gasteiger partial charge in [-0.15, -0.1) is 0 Å². The number of carboxylic acid groups (broad SMARTS) is 1. The van der Waals surface area contributed by atoms with Crippen LogP contribution in [0.4, 0.5) is 8.78 Å². The molecule has 0 unspecified atom stereocenters. The maximum Gasteiger partial charge on any atom is 0.358 e. The van der Waals surface area contributed by atoms with Gasteiger partial charge in [0.25, 0.3) is 0 Å². The summed E-state index contributed by atoms with van der Waals surface area (Å²) in [7, 11) is 0. The average Bonchev–Trinajstić information content (AvgIpc) is 2.71. The Labute approximate surface area is 94.5 Å². The lowest BCUT2D eigenvalue weighted by Gasteiger charge is -2.01. The van der Waals surface area contributed by atoms with Crippen LogP contribution in [0.15, 0.2) is 29.0 Å². The van der Waals surface area contributed by atoms with Crippen molar-refractivity contribution >= 4 is 5.97 Å². The topological polar surface area (TPSA) is 63.3 Å². The molecular formula is C11H7F2NO3. The lowest BCUT2D eigenvalue weighted by atomic mass is 10.1. The van der Waals surface area contributed by atoms with E-state index < -0.39 is 17.6 Å². The summed E-state index contributed by atoms with van der Waals surface area (Å²) in [5.41, 5.74) is -0.0497. The molecule has 0 atom stereocenters. The van der Waals surface area contributed by atoms with Gasteiger partial charge in [0.2, 0.25) is 0 Å². The van der Waals surface area contributed by atoms with Crippen molar-refractivity contribution in [2.24, 2.45) is 0 Å². The molecule has 0 radical (unpaired) electrons. The molecule has 88 valence electrons. The molecule has 17 heavy (non-hydrogen) atoms. The van der Waals surface area contributed by atoms with Crippen LogP contribution in [-0.4, -0.2) is 16.2 Å². The highest BCUT2D eigenvalue weighted by Gasteiger charge is 2.16. The molecule has 0 aliphatic rings. The van der Waals surface area contributed by atoms with Crippen molar-refractivity contribution in [1.82, 2.24) is 5.16 Å². The number of hydrogen-bond donors (Lipinski definition) is 1. The molecule has 0 spiro atoms. The molecule has 1 heterocycles. The van der Waals surface area contributed by atoms with Crippen LogP contribution in [0.3, 0.4) is 0 Å². The summed E-state index contributed by atoms with van der Waals surface area (Å²) in [6, 6.07) is 2.98. The minimum absolute atomic E-state index is 0.0516. The number of benzene rings is 1. The van der Waals surface area contributed by atoms with E-state index in [0.29, 0.717) is 0 Å². The van der Waals surface area contributed by atoms with Crippen molar-refractivity contribution in [3.63, 3.8) is 0 Å². The maximum atomic E-state index is 13.3. The fourth-order valence-electron chi connectivity index (χ4n) is 1.44. The number of nitrogens with zero attached hydrogens (tertiary/aromatic N) is 1. The molecular weight excluding hydrogens is 232 g/mol. The lowest BCUT2D eigenvalue weighted by Crippen LogP contribution is -2.03. The highest BCUT2D eigenvalue weighted by molar-refractivity contribution is 5.86. The molecule has 1 aromatic carbocycles. The third-order valence-corrected chi connectivity index (χ3v) is 2.23. The zero-order valence-electron chi connectivity index (χ0n) is 8.48. The van der Waals surface area contributed by atoms with Gasteiger partial charge in [-0.3, -0.25) is 0 Å². The first-order chi connectivity index (χ1) is 8.08. The molecule has 0 fully saturated rings. The van der Waals surface area contributed by atoms with E-state index in [-0.39, 0.29) is 23.2 Å². The fraction of sp³-hybridized carbons (Fsp3) is 0.0909. The summed E-state index contributed by atoms with van der Waals surface area (Å²) in [5.74, 6) is -2.47. The number of carbonyl (C=O) groups is 1. The molecule has 0 aliphatic carbocycles. The van der Waals surface area contributed by atoms with E-state index in [1.807, 2.05) is 0 Å². The molecule has 2 rings (SSSR count). The molecule has 0 aliphatic heterocycles. The second-order valence-electron chi connectivity index (χ2n) is 3.41. The molecule has 0 saturated carbocycles. The van der Waals surface area contributed by atoms with Crippen molar-refractivity contribution in [1.29, 1.82) is 0 Å². The van der Waals surface area contributed by atoms with Crippen LogP contribution in [0.1, 0.15) is 21.6 Å². The molecule has 1 aromatic heterocycles. The fourth-order valence-corrected chi connectivity index (χ4v) is 1.44. The molecule has 0 amide bonds. The van der Waals surface area contributed by atoms with Gasteiger partial charge in [0.15, 0.2) is 5.69 Å². The molecule has 0 saturated heterocycles. The normalized spacial score (nSPS) is 10.5. The van der Waals surface area contributed by atoms with Gasteiger partial charge < -0.3 is 9.63 Å². The SMILES string of the molecule is O=C(O)c1nocc1Cc1cc(F)ccc1F. The minimum atomic E-state index is -1.27. The predicted octanol–water partition coefficient (Wildman–Crippen LogP) is 2.24. The second kappa shape index (κ2) is 4.32. The zero-order valence-corrected chi connectivity index (χ0v) is 8.48. The van der Waals surface area contributed by atoms with Crippen LogP contribution >= 0.6 is 0 Å². The van der Waals surface area contributed by atoms with Crippen molar-refractivity contribution in [2.45, 2.75) is 6.42 Å². The number of hydrogen-bond acceptors (Lipinski definition) is 3. The van der Waals surface area contributed by atoms with Crippen molar-refractivity contribution in [3.05, 3.63) is 52.9 Å². The molecule has 6 heteroatoms. The predicted molar refractivity (Wildman–Crippen MR) is 52.6 cm³/mol. The van der Waals surface area contributed by atoms with Crippen LogP contribution in [0.25, 0.3) is 0 Å². The number of carboxylic acids is 1. The largest absolute Gasteiger partial charge is 0.476 e. The van der Waals surface area contributed by atoms with Crippen LogP contribution < -0.4 is 0 Å². The highest BCUT2D eigenvalue weighted by Crippen LogP contribution is 2.17. The quantitative estimate of drug-likeness (QED) is 0.892. The first-order valence-electron chi connectivity index (χ1n) is 4.68. The standard InChI is InChI=1S/C11H7F2NO3/c12-8-1-2-9(13)6(4-8)3-7-5-17-14-10(7)11(15)16/h1-2,4-5H,3H2,(H,15,16). The van der Waals surface area contributed by atoms with E-state index >= 15 is 0 Å². The van der Waals surface area contributed by atoms with Gasteiger partial charge in [0, 0.05) is 12.0 Å². The number of halogens is 2. The Bertz CT molecular complexity index is 566. The number of aromatic carboxylic acids is 1. The molecule has 1 N–H and O–H groups in total. The van der Waals surface area contributed by atoms with E-state index in [0.717, 1.165) is 24.5 Å².